The Morgan fingerprint density at radius 3 is 2.24 bits per heavy atom. The van der Waals surface area contributed by atoms with Crippen molar-refractivity contribution < 1.29 is 37.3 Å². The summed E-state index contributed by atoms with van der Waals surface area (Å²) in [5.41, 5.74) is 0.128. The summed E-state index contributed by atoms with van der Waals surface area (Å²) in [6.07, 6.45) is -2.29. The van der Waals surface area contributed by atoms with Crippen LogP contribution in [0.1, 0.15) is 12.5 Å². The van der Waals surface area contributed by atoms with Crippen LogP contribution in [-0.4, -0.2) is 48.0 Å². The first-order chi connectivity index (χ1) is 13.6. The van der Waals surface area contributed by atoms with Gasteiger partial charge < -0.3 is 14.9 Å². The van der Waals surface area contributed by atoms with E-state index in [0.29, 0.717) is 5.56 Å². The van der Waals surface area contributed by atoms with Crippen LogP contribution in [0.5, 0.6) is 0 Å². The van der Waals surface area contributed by atoms with Crippen LogP contribution in [0.25, 0.3) is 0 Å². The van der Waals surface area contributed by atoms with Crippen LogP contribution < -0.4 is 0 Å². The van der Waals surface area contributed by atoms with Gasteiger partial charge in [0.05, 0.1) is 16.4 Å². The van der Waals surface area contributed by atoms with Crippen molar-refractivity contribution in [3.63, 3.8) is 0 Å². The minimum absolute atomic E-state index is 0.172. The molecule has 1 atom stereocenters. The number of esters is 1. The van der Waals surface area contributed by atoms with Gasteiger partial charge in [-0.2, -0.15) is 8.42 Å². The van der Waals surface area contributed by atoms with E-state index >= 15 is 0 Å². The molecule has 11 heteroatoms. The standard InChI is InChI=1S/C18H19NO9S/c1-2-27-17(20)18(21,22)16(12-13-6-4-3-5-7-13)28-29(25,26)15-10-8-14(9-11-15)19(23)24/h3-11,16,21-22H,2,12H2,1H3. The molecule has 10 nitrogen and oxygen atoms in total. The van der Waals surface area contributed by atoms with Crippen molar-refractivity contribution in [3.05, 3.63) is 70.3 Å². The summed E-state index contributed by atoms with van der Waals surface area (Å²) in [5, 5.41) is 31.2. The summed E-state index contributed by atoms with van der Waals surface area (Å²) in [6.45, 7) is 1.27. The second-order valence-electron chi connectivity index (χ2n) is 5.93. The van der Waals surface area contributed by atoms with Crippen molar-refractivity contribution in [2.45, 2.75) is 30.1 Å². The molecule has 29 heavy (non-hydrogen) atoms. The summed E-state index contributed by atoms with van der Waals surface area (Å²) in [4.78, 5) is 21.5. The molecular weight excluding hydrogens is 406 g/mol. The zero-order valence-electron chi connectivity index (χ0n) is 15.3. The molecule has 0 saturated carbocycles. The second-order valence-corrected chi connectivity index (χ2v) is 7.50. The maximum Gasteiger partial charge on any atom is 0.369 e. The first kappa shape index (κ1) is 22.4. The van der Waals surface area contributed by atoms with Crippen molar-refractivity contribution in [3.8, 4) is 0 Å². The largest absolute Gasteiger partial charge is 0.462 e. The van der Waals surface area contributed by atoms with E-state index in [1.807, 2.05) is 0 Å². The molecule has 0 bridgehead atoms. The molecule has 0 aliphatic rings. The number of hydrogen-bond acceptors (Lipinski definition) is 9. The van der Waals surface area contributed by atoms with Gasteiger partial charge in [-0.1, -0.05) is 30.3 Å². The lowest BCUT2D eigenvalue weighted by molar-refractivity contribution is -0.384. The van der Waals surface area contributed by atoms with Crippen LogP contribution in [0.3, 0.4) is 0 Å². The third-order valence-electron chi connectivity index (χ3n) is 3.87. The molecule has 2 rings (SSSR count). The van der Waals surface area contributed by atoms with Crippen molar-refractivity contribution in [1.82, 2.24) is 0 Å². The van der Waals surface area contributed by atoms with E-state index in [4.69, 9.17) is 4.18 Å². The normalized spacial score (nSPS) is 12.9. The highest BCUT2D eigenvalue weighted by molar-refractivity contribution is 7.86. The number of nitro benzene ring substituents is 1. The van der Waals surface area contributed by atoms with Gasteiger partial charge in [-0.15, -0.1) is 0 Å². The van der Waals surface area contributed by atoms with Gasteiger partial charge in [0.1, 0.15) is 6.10 Å². The van der Waals surface area contributed by atoms with Gasteiger partial charge in [0.25, 0.3) is 21.6 Å². The molecule has 2 aromatic rings. The molecule has 0 saturated heterocycles. The number of rotatable bonds is 9. The molecule has 0 fully saturated rings. The van der Waals surface area contributed by atoms with E-state index < -0.39 is 37.8 Å². The van der Waals surface area contributed by atoms with Gasteiger partial charge in [-0.25, -0.2) is 4.79 Å². The maximum atomic E-state index is 12.6. The minimum atomic E-state index is -4.60. The monoisotopic (exact) mass is 425 g/mol. The fourth-order valence-corrected chi connectivity index (χ4v) is 3.47. The van der Waals surface area contributed by atoms with Gasteiger partial charge in [0.15, 0.2) is 0 Å². The van der Waals surface area contributed by atoms with Crippen molar-refractivity contribution in [2.24, 2.45) is 0 Å². The summed E-state index contributed by atoms with van der Waals surface area (Å²) < 4.78 is 34.7. The van der Waals surface area contributed by atoms with E-state index in [1.165, 1.54) is 6.92 Å². The summed E-state index contributed by atoms with van der Waals surface area (Å²) in [5.74, 6) is -4.74. The zero-order chi connectivity index (χ0) is 21.7. The fourth-order valence-electron chi connectivity index (χ4n) is 2.38. The fraction of sp³-hybridized carbons (Fsp3) is 0.278. The number of hydrogen-bond donors (Lipinski definition) is 2. The Morgan fingerprint density at radius 1 is 1.14 bits per heavy atom. The van der Waals surface area contributed by atoms with Gasteiger partial charge in [0, 0.05) is 18.6 Å². The Labute approximate surface area is 166 Å². The molecule has 0 aliphatic heterocycles. The van der Waals surface area contributed by atoms with E-state index in [1.54, 1.807) is 30.3 Å². The number of carbonyl (C=O) groups excluding carboxylic acids is 1. The van der Waals surface area contributed by atoms with Gasteiger partial charge in [0.2, 0.25) is 0 Å². The highest BCUT2D eigenvalue weighted by Crippen LogP contribution is 2.25. The predicted octanol–water partition coefficient (Wildman–Crippen LogP) is 1.16. The van der Waals surface area contributed by atoms with Crippen molar-refractivity contribution >= 4 is 21.8 Å². The molecule has 2 aromatic carbocycles. The molecule has 0 aromatic heterocycles. The molecule has 0 amide bonds. The zero-order valence-corrected chi connectivity index (χ0v) is 16.1. The lowest BCUT2D eigenvalue weighted by atomic mass is 10.0. The van der Waals surface area contributed by atoms with Crippen LogP contribution in [0.4, 0.5) is 5.69 Å². The molecule has 0 aliphatic carbocycles. The number of nitro groups is 1. The van der Waals surface area contributed by atoms with Crippen LogP contribution in [0, 0.1) is 10.1 Å². The van der Waals surface area contributed by atoms with Crippen LogP contribution >= 0.6 is 0 Å². The van der Waals surface area contributed by atoms with Gasteiger partial charge in [-0.05, 0) is 24.6 Å². The van der Waals surface area contributed by atoms with Crippen LogP contribution in [-0.2, 0) is 30.3 Å². The molecule has 156 valence electrons. The quantitative estimate of drug-likeness (QED) is 0.198. The maximum absolute atomic E-state index is 12.6. The average molecular weight is 425 g/mol. The highest BCUT2D eigenvalue weighted by atomic mass is 32.2. The van der Waals surface area contributed by atoms with E-state index in [0.717, 1.165) is 24.3 Å². The summed E-state index contributed by atoms with van der Waals surface area (Å²) >= 11 is 0. The first-order valence-electron chi connectivity index (χ1n) is 8.41. The van der Waals surface area contributed by atoms with E-state index in [2.05, 4.69) is 4.74 Å². The van der Waals surface area contributed by atoms with Crippen LogP contribution in [0.15, 0.2) is 59.5 Å². The second kappa shape index (κ2) is 9.09. The number of carbonyl (C=O) groups is 1. The number of benzene rings is 2. The van der Waals surface area contributed by atoms with Crippen LogP contribution in [0.2, 0.25) is 0 Å². The molecular formula is C18H19NO9S. The molecule has 2 N–H and O–H groups in total. The lowest BCUT2D eigenvalue weighted by Gasteiger charge is -2.28. The number of aliphatic hydroxyl groups is 2. The molecule has 0 heterocycles. The lowest BCUT2D eigenvalue weighted by Crippen LogP contribution is -2.53. The number of non-ortho nitro benzene ring substituents is 1. The average Bonchev–Trinajstić information content (AvgIpc) is 2.68. The van der Waals surface area contributed by atoms with E-state index in [9.17, 15) is 33.5 Å². The SMILES string of the molecule is CCOC(=O)C(O)(O)C(Cc1ccccc1)OS(=O)(=O)c1ccc([N+](=O)[O-])cc1. The molecule has 1 unspecified atom stereocenters. The highest BCUT2D eigenvalue weighted by Gasteiger charge is 2.47. The Morgan fingerprint density at radius 2 is 1.72 bits per heavy atom. The Kier molecular flexibility index (Phi) is 7.03. The van der Waals surface area contributed by atoms with Crippen molar-refractivity contribution in [1.29, 1.82) is 0 Å². The minimum Gasteiger partial charge on any atom is -0.462 e. The smallest absolute Gasteiger partial charge is 0.369 e. The molecule has 0 radical (unpaired) electrons. The third-order valence-corrected chi connectivity index (χ3v) is 5.20. The van der Waals surface area contributed by atoms with Gasteiger partial charge in [-0.3, -0.25) is 14.3 Å². The Hall–Kier alpha value is -2.86. The Balaban J connectivity index is 2.37. The molecule has 0 spiro atoms. The van der Waals surface area contributed by atoms with E-state index in [-0.39, 0.29) is 18.7 Å². The summed E-state index contributed by atoms with van der Waals surface area (Å²) in [7, 11) is -4.60. The topological polar surface area (TPSA) is 153 Å². The predicted molar refractivity (Wildman–Crippen MR) is 99.1 cm³/mol. The third kappa shape index (κ3) is 5.57. The Bertz CT molecular complexity index is 957. The summed E-state index contributed by atoms with van der Waals surface area (Å²) in [6, 6.07) is 11.9. The van der Waals surface area contributed by atoms with Crippen molar-refractivity contribution in [2.75, 3.05) is 6.61 Å². The number of nitrogens with zero attached hydrogens (tertiary/aromatic N) is 1. The first-order valence-corrected chi connectivity index (χ1v) is 9.82. The number of ether oxygens (including phenoxy) is 1. The van der Waals surface area contributed by atoms with Gasteiger partial charge >= 0.3 is 5.97 Å².